The van der Waals surface area contributed by atoms with Gasteiger partial charge in [-0.05, 0) is 38.1 Å². The molecule has 1 N–H and O–H groups in total. The summed E-state index contributed by atoms with van der Waals surface area (Å²) in [5, 5.41) is 12.6. The maximum absolute atomic E-state index is 12.4. The highest BCUT2D eigenvalue weighted by Gasteiger charge is 2.20. The number of nitrogens with one attached hydrogen (secondary N) is 1. The summed E-state index contributed by atoms with van der Waals surface area (Å²) in [5.41, 5.74) is 0.630. The Labute approximate surface area is 184 Å². The second-order valence-corrected chi connectivity index (χ2v) is 7.66. The molecule has 1 unspecified atom stereocenters. The molecule has 1 aromatic heterocycles. The van der Waals surface area contributed by atoms with Gasteiger partial charge in [0.15, 0.2) is 17.1 Å². The molecule has 0 radical (unpaired) electrons. The number of hydrogen-bond donors (Lipinski definition) is 1. The van der Waals surface area contributed by atoms with E-state index in [2.05, 4.69) is 15.5 Å². The molecule has 0 aliphatic carbocycles. The highest BCUT2D eigenvalue weighted by molar-refractivity contribution is 7.99. The molecule has 0 saturated carbocycles. The van der Waals surface area contributed by atoms with Crippen LogP contribution in [0.15, 0.2) is 53.7 Å². The first kappa shape index (κ1) is 22.0. The van der Waals surface area contributed by atoms with Crippen LogP contribution < -0.4 is 14.8 Å². The Morgan fingerprint density at radius 1 is 1.17 bits per heavy atom. The fourth-order valence-corrected chi connectivity index (χ4v) is 3.84. The van der Waals surface area contributed by atoms with E-state index in [1.54, 1.807) is 25.3 Å². The molecule has 0 bridgehead atoms. The van der Waals surface area contributed by atoms with Crippen molar-refractivity contribution in [2.75, 3.05) is 18.2 Å². The number of hydrogen-bond acceptors (Lipinski definition) is 6. The number of halogens is 1. The fourth-order valence-electron chi connectivity index (χ4n) is 2.85. The fraction of sp³-hybridized carbons (Fsp3) is 0.286. The lowest BCUT2D eigenvalue weighted by molar-refractivity contribution is -0.113. The van der Waals surface area contributed by atoms with Crippen LogP contribution in [0.25, 0.3) is 0 Å². The van der Waals surface area contributed by atoms with Crippen LogP contribution in [0.3, 0.4) is 0 Å². The summed E-state index contributed by atoms with van der Waals surface area (Å²) in [6.07, 6.45) is -0.353. The van der Waals surface area contributed by atoms with Gasteiger partial charge in [-0.2, -0.15) is 0 Å². The lowest BCUT2D eigenvalue weighted by Crippen LogP contribution is -2.16. The molecule has 0 aliphatic heterocycles. The number of rotatable bonds is 9. The lowest BCUT2D eigenvalue weighted by Gasteiger charge is -2.16. The Hall–Kier alpha value is -2.71. The first-order valence-corrected chi connectivity index (χ1v) is 10.8. The number of carbonyl (C=O) groups is 1. The second kappa shape index (κ2) is 10.4. The van der Waals surface area contributed by atoms with E-state index in [1.165, 1.54) is 11.8 Å². The maximum atomic E-state index is 12.4. The van der Waals surface area contributed by atoms with Crippen molar-refractivity contribution in [3.63, 3.8) is 0 Å². The number of amides is 1. The summed E-state index contributed by atoms with van der Waals surface area (Å²) in [6, 6.07) is 14.6. The second-order valence-electron chi connectivity index (χ2n) is 6.31. The molecule has 1 atom stereocenters. The van der Waals surface area contributed by atoms with Crippen molar-refractivity contribution in [1.29, 1.82) is 0 Å². The molecule has 0 aliphatic rings. The number of methoxy groups -OCH3 is 1. The van der Waals surface area contributed by atoms with Gasteiger partial charge in [0, 0.05) is 6.54 Å². The third-order valence-corrected chi connectivity index (χ3v) is 5.56. The zero-order valence-electron chi connectivity index (χ0n) is 17.0. The van der Waals surface area contributed by atoms with Crippen LogP contribution >= 0.6 is 23.4 Å². The largest absolute Gasteiger partial charge is 0.495 e. The molecule has 1 amide bonds. The maximum Gasteiger partial charge on any atom is 0.234 e. The number of benzene rings is 2. The van der Waals surface area contributed by atoms with Crippen LogP contribution in [0, 0.1) is 0 Å². The zero-order chi connectivity index (χ0) is 21.5. The van der Waals surface area contributed by atoms with E-state index < -0.39 is 0 Å². The summed E-state index contributed by atoms with van der Waals surface area (Å²) in [4.78, 5) is 12.4. The Morgan fingerprint density at radius 3 is 2.57 bits per heavy atom. The first-order valence-electron chi connectivity index (χ1n) is 9.43. The van der Waals surface area contributed by atoms with Gasteiger partial charge in [-0.1, -0.05) is 47.6 Å². The average molecular weight is 447 g/mol. The minimum absolute atomic E-state index is 0.155. The quantitative estimate of drug-likeness (QED) is 0.474. The van der Waals surface area contributed by atoms with E-state index in [9.17, 15) is 4.79 Å². The van der Waals surface area contributed by atoms with E-state index in [1.807, 2.05) is 48.7 Å². The summed E-state index contributed by atoms with van der Waals surface area (Å²) in [5.74, 6) is 1.90. The number of aromatic nitrogens is 3. The molecule has 0 saturated heterocycles. The van der Waals surface area contributed by atoms with Gasteiger partial charge in [-0.15, -0.1) is 10.2 Å². The molecule has 3 aromatic rings. The van der Waals surface area contributed by atoms with Crippen molar-refractivity contribution in [3.8, 4) is 11.5 Å². The van der Waals surface area contributed by atoms with Gasteiger partial charge in [-0.25, -0.2) is 0 Å². The Bertz CT molecular complexity index is 1010. The van der Waals surface area contributed by atoms with E-state index in [-0.39, 0.29) is 17.8 Å². The van der Waals surface area contributed by atoms with Crippen molar-refractivity contribution < 1.29 is 14.3 Å². The predicted octanol–water partition coefficient (Wildman–Crippen LogP) is 4.83. The summed E-state index contributed by atoms with van der Waals surface area (Å²) in [6.45, 7) is 4.53. The molecule has 9 heteroatoms. The number of nitrogens with zero attached hydrogens (tertiary/aromatic N) is 3. The van der Waals surface area contributed by atoms with Crippen LogP contribution in [0.2, 0.25) is 5.02 Å². The smallest absolute Gasteiger partial charge is 0.234 e. The third kappa shape index (κ3) is 5.25. The molecule has 158 valence electrons. The van der Waals surface area contributed by atoms with Gasteiger partial charge in [0.1, 0.15) is 11.5 Å². The Balaban J connectivity index is 1.65. The highest BCUT2D eigenvalue weighted by atomic mass is 35.5. The van der Waals surface area contributed by atoms with E-state index >= 15 is 0 Å². The van der Waals surface area contributed by atoms with Gasteiger partial charge in [0.2, 0.25) is 5.91 Å². The van der Waals surface area contributed by atoms with Gasteiger partial charge < -0.3 is 19.4 Å². The monoisotopic (exact) mass is 446 g/mol. The van der Waals surface area contributed by atoms with Crippen molar-refractivity contribution in [2.24, 2.45) is 0 Å². The number of anilines is 1. The molecule has 30 heavy (non-hydrogen) atoms. The van der Waals surface area contributed by atoms with Gasteiger partial charge in [0.25, 0.3) is 0 Å². The molecule has 2 aromatic carbocycles. The molecular weight excluding hydrogens is 424 g/mol. The van der Waals surface area contributed by atoms with Crippen LogP contribution in [0.5, 0.6) is 11.5 Å². The van der Waals surface area contributed by atoms with Crippen molar-refractivity contribution in [3.05, 3.63) is 59.4 Å². The number of carbonyl (C=O) groups excluding carboxylic acids is 1. The van der Waals surface area contributed by atoms with Gasteiger partial charge in [0.05, 0.1) is 23.6 Å². The minimum atomic E-state index is -0.353. The minimum Gasteiger partial charge on any atom is -0.495 e. The van der Waals surface area contributed by atoms with Crippen molar-refractivity contribution in [1.82, 2.24) is 14.8 Å². The molecule has 0 fully saturated rings. The number of thioether (sulfide) groups is 1. The van der Waals surface area contributed by atoms with E-state index in [0.717, 1.165) is 0 Å². The van der Waals surface area contributed by atoms with Crippen LogP contribution in [-0.4, -0.2) is 33.5 Å². The van der Waals surface area contributed by atoms with Crippen LogP contribution in [0.1, 0.15) is 25.8 Å². The van der Waals surface area contributed by atoms with Crippen LogP contribution in [0.4, 0.5) is 5.69 Å². The van der Waals surface area contributed by atoms with E-state index in [0.29, 0.717) is 39.7 Å². The molecular formula is C21H23ClN4O3S. The Morgan fingerprint density at radius 2 is 1.87 bits per heavy atom. The SMILES string of the molecule is CCn1c(SCC(=O)Nc2ccccc2OC)nnc1C(C)Oc1ccccc1Cl. The Kier molecular flexibility index (Phi) is 7.59. The molecule has 7 nitrogen and oxygen atoms in total. The normalized spacial score (nSPS) is 11.7. The third-order valence-electron chi connectivity index (χ3n) is 4.28. The van der Waals surface area contributed by atoms with Crippen LogP contribution in [-0.2, 0) is 11.3 Å². The lowest BCUT2D eigenvalue weighted by atomic mass is 10.3. The summed E-state index contributed by atoms with van der Waals surface area (Å²) < 4.78 is 13.2. The predicted molar refractivity (Wildman–Crippen MR) is 119 cm³/mol. The first-order chi connectivity index (χ1) is 14.5. The number of para-hydroxylation sites is 3. The highest BCUT2D eigenvalue weighted by Crippen LogP contribution is 2.29. The topological polar surface area (TPSA) is 78.3 Å². The van der Waals surface area contributed by atoms with Crippen molar-refractivity contribution >= 4 is 35.0 Å². The van der Waals surface area contributed by atoms with Crippen molar-refractivity contribution in [2.45, 2.75) is 31.7 Å². The molecule has 0 spiro atoms. The molecule has 3 rings (SSSR count). The van der Waals surface area contributed by atoms with Gasteiger partial charge >= 0.3 is 0 Å². The van der Waals surface area contributed by atoms with E-state index in [4.69, 9.17) is 21.1 Å². The average Bonchev–Trinajstić information content (AvgIpc) is 3.17. The standard InChI is InChI=1S/C21H23ClN4O3S/c1-4-26-20(14(2)29-17-11-7-5-9-15(17)22)24-25-21(26)30-13-19(27)23-16-10-6-8-12-18(16)28-3/h5-12,14H,4,13H2,1-3H3,(H,23,27). The zero-order valence-corrected chi connectivity index (χ0v) is 18.5. The summed E-state index contributed by atoms with van der Waals surface area (Å²) in [7, 11) is 1.57. The summed E-state index contributed by atoms with van der Waals surface area (Å²) >= 11 is 7.50. The van der Waals surface area contributed by atoms with Gasteiger partial charge in [-0.3, -0.25) is 4.79 Å². The number of ether oxygens (including phenoxy) is 2. The molecule has 1 heterocycles.